The summed E-state index contributed by atoms with van der Waals surface area (Å²) in [6.07, 6.45) is 13.8. The second kappa shape index (κ2) is 11.6. The van der Waals surface area contributed by atoms with Crippen molar-refractivity contribution in [3.05, 3.63) is 40.3 Å². The summed E-state index contributed by atoms with van der Waals surface area (Å²) in [6.45, 7) is 3.72. The Morgan fingerprint density at radius 2 is 1.62 bits per heavy atom. The highest BCUT2D eigenvalue weighted by molar-refractivity contribution is 6.00. The highest BCUT2D eigenvalue weighted by Gasteiger charge is 2.45. The van der Waals surface area contributed by atoms with Crippen molar-refractivity contribution in [3.8, 4) is 0 Å². The third kappa shape index (κ3) is 5.56. The first-order valence-electron chi connectivity index (χ1n) is 15.6. The molecule has 4 fully saturated rings. The molecule has 0 spiro atoms. The predicted molar refractivity (Wildman–Crippen MR) is 156 cm³/mol. The van der Waals surface area contributed by atoms with Crippen LogP contribution in [0.4, 0.5) is 0 Å². The van der Waals surface area contributed by atoms with Crippen molar-refractivity contribution in [3.63, 3.8) is 0 Å². The highest BCUT2D eigenvalue weighted by Crippen LogP contribution is 2.47. The molecule has 3 heterocycles. The minimum Gasteiger partial charge on any atom is -0.481 e. The summed E-state index contributed by atoms with van der Waals surface area (Å²) >= 11 is 0. The van der Waals surface area contributed by atoms with Gasteiger partial charge in [-0.1, -0.05) is 43.0 Å². The van der Waals surface area contributed by atoms with E-state index in [1.807, 2.05) is 42.7 Å². The van der Waals surface area contributed by atoms with Crippen molar-refractivity contribution in [2.45, 2.75) is 128 Å². The minimum atomic E-state index is -0.939. The number of aliphatic carboxylic acids is 1. The zero-order chi connectivity index (χ0) is 27.8. The molecular weight excluding hydrogens is 504 g/mol. The first kappa shape index (κ1) is 27.4. The van der Waals surface area contributed by atoms with Crippen LogP contribution in [-0.2, 0) is 9.63 Å². The van der Waals surface area contributed by atoms with E-state index in [1.54, 1.807) is 0 Å². The number of carboxylic acids is 1. The van der Waals surface area contributed by atoms with Gasteiger partial charge in [-0.2, -0.15) is 0 Å². The van der Waals surface area contributed by atoms with E-state index in [0.717, 1.165) is 35.7 Å². The number of fused-ring (bicyclic) bond motifs is 5. The maximum Gasteiger partial charge on any atom is 0.303 e. The fourth-order valence-corrected chi connectivity index (χ4v) is 8.44. The lowest BCUT2D eigenvalue weighted by Crippen LogP contribution is -2.58. The number of hydrogen-bond acceptors (Lipinski definition) is 6. The molecule has 4 aliphatic rings. The van der Waals surface area contributed by atoms with E-state index in [-0.39, 0.29) is 36.2 Å². The van der Waals surface area contributed by atoms with Gasteiger partial charge in [-0.25, -0.2) is 4.98 Å². The topological polar surface area (TPSA) is 97.0 Å². The number of para-hydroxylation sites is 2. The molecule has 2 aromatic rings. The lowest BCUT2D eigenvalue weighted by atomic mass is 9.68. The summed E-state index contributed by atoms with van der Waals surface area (Å²) in [5.41, 5.74) is 1.93. The second-order valence-corrected chi connectivity index (χ2v) is 13.0. The third-order valence-corrected chi connectivity index (χ3v) is 9.91. The minimum absolute atomic E-state index is 0.0838. The molecule has 2 aliphatic heterocycles. The molecule has 1 aromatic heterocycles. The van der Waals surface area contributed by atoms with Gasteiger partial charge in [-0.3, -0.25) is 14.5 Å². The molecule has 8 heteroatoms. The van der Waals surface area contributed by atoms with Crippen LogP contribution in [0.1, 0.15) is 109 Å². The molecule has 2 saturated carbocycles. The van der Waals surface area contributed by atoms with Crippen LogP contribution >= 0.6 is 0 Å². The number of nitrogens with zero attached hydrogens (tertiary/aromatic N) is 4. The molecule has 2 saturated heterocycles. The Morgan fingerprint density at radius 1 is 0.950 bits per heavy atom. The first-order valence-corrected chi connectivity index (χ1v) is 15.6. The Bertz CT molecular complexity index is 1290. The monoisotopic (exact) mass is 548 g/mol. The Kier molecular flexibility index (Phi) is 7.98. The normalized spacial score (nSPS) is 30.9. The first-order chi connectivity index (χ1) is 19.4. The van der Waals surface area contributed by atoms with Crippen molar-refractivity contribution in [2.24, 2.45) is 17.0 Å². The summed E-state index contributed by atoms with van der Waals surface area (Å²) < 4.78 is 1.97. The van der Waals surface area contributed by atoms with Gasteiger partial charge in [-0.05, 0) is 82.8 Å². The molecule has 2 aliphatic carbocycles. The van der Waals surface area contributed by atoms with Gasteiger partial charge >= 0.3 is 5.97 Å². The molecule has 0 radical (unpaired) electrons. The molecule has 6 atom stereocenters. The Hall–Kier alpha value is -2.74. The van der Waals surface area contributed by atoms with Crippen LogP contribution in [0.5, 0.6) is 0 Å². The maximum atomic E-state index is 14.3. The fraction of sp³-hybridized carbons (Fsp3) is 0.688. The molecular formula is C32H44N4O4. The Balaban J connectivity index is 1.35. The van der Waals surface area contributed by atoms with Crippen molar-refractivity contribution in [1.29, 1.82) is 0 Å². The van der Waals surface area contributed by atoms with Gasteiger partial charge in [0.15, 0.2) is 5.69 Å². The van der Waals surface area contributed by atoms with Gasteiger partial charge < -0.3 is 14.5 Å². The van der Waals surface area contributed by atoms with Gasteiger partial charge in [0, 0.05) is 30.6 Å². The van der Waals surface area contributed by atoms with Crippen molar-refractivity contribution in [1.82, 2.24) is 14.5 Å². The smallest absolute Gasteiger partial charge is 0.303 e. The quantitative estimate of drug-likeness (QED) is 0.325. The van der Waals surface area contributed by atoms with Gasteiger partial charge in [-0.15, -0.1) is 0 Å². The third-order valence-electron chi connectivity index (χ3n) is 9.91. The Labute approximate surface area is 236 Å². The molecule has 1 unspecified atom stereocenters. The van der Waals surface area contributed by atoms with Crippen molar-refractivity contribution in [2.75, 3.05) is 0 Å². The highest BCUT2D eigenvalue weighted by atomic mass is 16.6. The number of aromatic nitrogens is 2. The Morgan fingerprint density at radius 3 is 2.30 bits per heavy atom. The van der Waals surface area contributed by atoms with Gasteiger partial charge in [0.1, 0.15) is 11.8 Å². The summed E-state index contributed by atoms with van der Waals surface area (Å²) in [5.74, 6) is 0.870. The van der Waals surface area contributed by atoms with E-state index in [2.05, 4.69) is 10.1 Å². The standard InChI is InChI=1S/C32H44N4O4/c1-20(2)40-34-28(13-14-30(37)38)31-32(39)36(29-12-4-3-11-27(29)33-31)26-18-23-9-6-10-24(19-26)35(23)25-16-21-7-5-8-22(15-21)17-25/h3-4,11-12,20-26H,5-10,13-19H2,1-2H3,(H,37,38)/b34-28+/t21-,22+,23-,24+,25?,26+. The van der Waals surface area contributed by atoms with Crippen LogP contribution in [0.15, 0.2) is 34.2 Å². The number of benzene rings is 1. The van der Waals surface area contributed by atoms with Crippen LogP contribution in [0.2, 0.25) is 0 Å². The van der Waals surface area contributed by atoms with Crippen LogP contribution in [-0.4, -0.2) is 55.5 Å². The second-order valence-electron chi connectivity index (χ2n) is 13.0. The number of oxime groups is 1. The average molecular weight is 549 g/mol. The molecule has 6 rings (SSSR count). The molecule has 4 bridgehead atoms. The molecule has 216 valence electrons. The molecule has 40 heavy (non-hydrogen) atoms. The maximum absolute atomic E-state index is 14.3. The number of carboxylic acid groups (broad SMARTS) is 1. The molecule has 1 aromatic carbocycles. The molecule has 0 amide bonds. The average Bonchev–Trinajstić information content (AvgIpc) is 2.92. The fourth-order valence-electron chi connectivity index (χ4n) is 8.44. The number of hydrogen-bond donors (Lipinski definition) is 1. The summed E-state index contributed by atoms with van der Waals surface area (Å²) in [7, 11) is 0. The largest absolute Gasteiger partial charge is 0.481 e. The predicted octanol–water partition coefficient (Wildman–Crippen LogP) is 5.92. The molecule has 8 nitrogen and oxygen atoms in total. The van der Waals surface area contributed by atoms with Crippen LogP contribution in [0.3, 0.4) is 0 Å². The summed E-state index contributed by atoms with van der Waals surface area (Å²) in [4.78, 5) is 38.8. The SMILES string of the molecule is CC(C)O/N=C(\CCC(=O)O)c1nc2ccccc2n([C@H]2C[C@H]3CCC[C@@H](C2)N3C2C[C@H]3CCC[C@@H](C2)C3)c1=O. The van der Waals surface area contributed by atoms with Crippen LogP contribution in [0, 0.1) is 11.8 Å². The van der Waals surface area contributed by atoms with Gasteiger partial charge in [0.25, 0.3) is 5.56 Å². The lowest BCUT2D eigenvalue weighted by molar-refractivity contribution is -0.136. The molecule has 1 N–H and O–H groups in total. The van der Waals surface area contributed by atoms with E-state index in [9.17, 15) is 14.7 Å². The van der Waals surface area contributed by atoms with E-state index < -0.39 is 5.97 Å². The van der Waals surface area contributed by atoms with E-state index in [0.29, 0.717) is 23.8 Å². The number of rotatable bonds is 8. The van der Waals surface area contributed by atoms with Gasteiger partial charge in [0.05, 0.1) is 17.5 Å². The summed E-state index contributed by atoms with van der Waals surface area (Å²) in [5, 5.41) is 13.6. The van der Waals surface area contributed by atoms with Crippen LogP contribution in [0.25, 0.3) is 11.0 Å². The van der Waals surface area contributed by atoms with Gasteiger partial charge in [0.2, 0.25) is 0 Å². The van der Waals surface area contributed by atoms with Crippen LogP contribution < -0.4 is 5.56 Å². The van der Waals surface area contributed by atoms with Crippen molar-refractivity contribution >= 4 is 22.7 Å². The number of piperidine rings is 2. The van der Waals surface area contributed by atoms with E-state index in [4.69, 9.17) is 9.82 Å². The van der Waals surface area contributed by atoms with E-state index >= 15 is 0 Å². The summed E-state index contributed by atoms with van der Waals surface area (Å²) in [6, 6.07) is 9.63. The zero-order valence-electron chi connectivity index (χ0n) is 24.0. The number of carbonyl (C=O) groups is 1. The van der Waals surface area contributed by atoms with Crippen molar-refractivity contribution < 1.29 is 14.7 Å². The van der Waals surface area contributed by atoms with E-state index in [1.165, 1.54) is 57.8 Å². The lowest BCUT2D eigenvalue weighted by Gasteiger charge is -2.55. The zero-order valence-corrected chi connectivity index (χ0v) is 24.0.